The molecule has 1 amide bonds. The van der Waals surface area contributed by atoms with Crippen molar-refractivity contribution < 1.29 is 19.1 Å². The van der Waals surface area contributed by atoms with Gasteiger partial charge >= 0.3 is 0 Å². The molecule has 1 atom stereocenters. The van der Waals surface area contributed by atoms with E-state index < -0.39 is 0 Å². The fourth-order valence-corrected chi connectivity index (χ4v) is 4.16. The number of benzene rings is 3. The highest BCUT2D eigenvalue weighted by atomic mass is 79.9. The number of rotatable bonds is 8. The minimum absolute atomic E-state index is 0.222. The average Bonchev–Trinajstić information content (AvgIpc) is 3.33. The topological polar surface area (TPSA) is 71.4 Å². The van der Waals surface area contributed by atoms with Crippen molar-refractivity contribution in [3.63, 3.8) is 0 Å². The normalized spacial score (nSPS) is 14.9. The number of halogens is 1. The molecule has 0 aromatic heterocycles. The maximum absolute atomic E-state index is 13.3. The molecule has 4 rings (SSSR count). The van der Waals surface area contributed by atoms with Gasteiger partial charge in [0.2, 0.25) is 0 Å². The highest BCUT2D eigenvalue weighted by Gasteiger charge is 2.33. The number of hydrogen-bond donors (Lipinski definition) is 0. The summed E-state index contributed by atoms with van der Waals surface area (Å²) in [6, 6.07) is 20.6. The number of carbonyl (C=O) groups is 2. The predicted octanol–water partition coefficient (Wildman–Crippen LogP) is 5.09. The summed E-state index contributed by atoms with van der Waals surface area (Å²) in [5.74, 6) is 0.494. The molecule has 0 saturated carbocycles. The molecule has 0 bridgehead atoms. The molecule has 180 valence electrons. The Morgan fingerprint density at radius 1 is 1.09 bits per heavy atom. The third kappa shape index (κ3) is 5.54. The zero-order chi connectivity index (χ0) is 24.9. The fourth-order valence-electron chi connectivity index (χ4n) is 3.89. The maximum Gasteiger partial charge on any atom is 0.281 e. The van der Waals surface area contributed by atoms with E-state index in [-0.39, 0.29) is 18.6 Å². The lowest BCUT2D eigenvalue weighted by molar-refractivity contribution is -0.135. The van der Waals surface area contributed by atoms with E-state index in [1.165, 1.54) is 12.1 Å². The van der Waals surface area contributed by atoms with Crippen LogP contribution in [-0.2, 0) is 4.79 Å². The van der Waals surface area contributed by atoms with E-state index >= 15 is 0 Å². The van der Waals surface area contributed by atoms with Crippen molar-refractivity contribution in [2.75, 3.05) is 32.7 Å². The summed E-state index contributed by atoms with van der Waals surface area (Å²) in [6.45, 7) is -0.222. The summed E-state index contributed by atoms with van der Waals surface area (Å²) < 4.78 is 12.1. The first-order chi connectivity index (χ1) is 16.9. The number of carbonyl (C=O) groups excluding carboxylic acids is 2. The summed E-state index contributed by atoms with van der Waals surface area (Å²) in [5, 5.41) is 6.21. The minimum Gasteiger partial charge on any atom is -0.493 e. The second-order valence-corrected chi connectivity index (χ2v) is 9.23. The number of ether oxygens (including phenoxy) is 2. The third-order valence-electron chi connectivity index (χ3n) is 5.81. The quantitative estimate of drug-likeness (QED) is 0.375. The molecule has 1 aliphatic rings. The lowest BCUT2D eigenvalue weighted by Gasteiger charge is -2.23. The van der Waals surface area contributed by atoms with Crippen molar-refractivity contribution in [2.45, 2.75) is 12.5 Å². The van der Waals surface area contributed by atoms with Crippen LogP contribution in [0.2, 0.25) is 0 Å². The van der Waals surface area contributed by atoms with Crippen molar-refractivity contribution in [1.29, 1.82) is 0 Å². The van der Waals surface area contributed by atoms with Crippen LogP contribution in [0.4, 0.5) is 5.69 Å². The molecule has 1 unspecified atom stereocenters. The Balaban J connectivity index is 1.59. The van der Waals surface area contributed by atoms with Crippen LogP contribution in [0, 0.1) is 0 Å². The first kappa shape index (κ1) is 24.5. The van der Waals surface area contributed by atoms with Gasteiger partial charge in [-0.2, -0.15) is 5.10 Å². The van der Waals surface area contributed by atoms with Crippen molar-refractivity contribution in [3.8, 4) is 11.5 Å². The highest BCUT2D eigenvalue weighted by molar-refractivity contribution is 9.10. The molecule has 3 aromatic carbocycles. The van der Waals surface area contributed by atoms with Crippen molar-refractivity contribution in [3.05, 3.63) is 87.9 Å². The van der Waals surface area contributed by atoms with Crippen LogP contribution < -0.4 is 14.4 Å². The molecule has 3 aromatic rings. The van der Waals surface area contributed by atoms with Gasteiger partial charge in [-0.1, -0.05) is 40.2 Å². The molecule has 0 aliphatic carbocycles. The van der Waals surface area contributed by atoms with E-state index in [9.17, 15) is 9.59 Å². The van der Waals surface area contributed by atoms with Crippen LogP contribution in [0.3, 0.4) is 0 Å². The highest BCUT2D eigenvalue weighted by Crippen LogP contribution is 2.34. The molecule has 35 heavy (non-hydrogen) atoms. The van der Waals surface area contributed by atoms with E-state index in [1.54, 1.807) is 18.2 Å². The Morgan fingerprint density at radius 3 is 2.43 bits per heavy atom. The zero-order valence-electron chi connectivity index (χ0n) is 19.8. The Kier molecular flexibility index (Phi) is 7.51. The smallest absolute Gasteiger partial charge is 0.281 e. The van der Waals surface area contributed by atoms with Crippen molar-refractivity contribution in [2.24, 2.45) is 5.10 Å². The molecule has 0 N–H and O–H groups in total. The zero-order valence-corrected chi connectivity index (χ0v) is 21.4. The van der Waals surface area contributed by atoms with Crippen molar-refractivity contribution in [1.82, 2.24) is 5.01 Å². The monoisotopic (exact) mass is 535 g/mol. The molecule has 7 nitrogen and oxygen atoms in total. The Hall–Kier alpha value is -3.65. The number of methoxy groups -OCH3 is 1. The molecule has 1 heterocycles. The summed E-state index contributed by atoms with van der Waals surface area (Å²) in [7, 11) is 5.46. The lowest BCUT2D eigenvalue weighted by Crippen LogP contribution is -2.31. The van der Waals surface area contributed by atoms with E-state index in [1.807, 2.05) is 67.5 Å². The third-order valence-corrected chi connectivity index (χ3v) is 6.34. The summed E-state index contributed by atoms with van der Waals surface area (Å²) >= 11 is 3.47. The van der Waals surface area contributed by atoms with Crippen LogP contribution in [0.25, 0.3) is 0 Å². The Morgan fingerprint density at radius 2 is 1.80 bits per heavy atom. The maximum atomic E-state index is 13.3. The largest absolute Gasteiger partial charge is 0.493 e. The van der Waals surface area contributed by atoms with Crippen LogP contribution in [0.15, 0.2) is 76.3 Å². The van der Waals surface area contributed by atoms with Gasteiger partial charge in [-0.15, -0.1) is 0 Å². The van der Waals surface area contributed by atoms with E-state index in [4.69, 9.17) is 14.6 Å². The fraction of sp³-hybridized carbons (Fsp3) is 0.222. The first-order valence-electron chi connectivity index (χ1n) is 11.1. The van der Waals surface area contributed by atoms with Crippen LogP contribution in [0.5, 0.6) is 11.5 Å². The van der Waals surface area contributed by atoms with E-state index in [0.29, 0.717) is 23.5 Å². The second kappa shape index (κ2) is 10.7. The number of hydrogen-bond acceptors (Lipinski definition) is 6. The number of amides is 1. The average molecular weight is 536 g/mol. The summed E-state index contributed by atoms with van der Waals surface area (Å²) in [5.41, 5.74) is 4.33. The van der Waals surface area contributed by atoms with Gasteiger partial charge in [0.05, 0.1) is 18.9 Å². The molecule has 8 heteroatoms. The van der Waals surface area contributed by atoms with Gasteiger partial charge in [0, 0.05) is 36.2 Å². The molecule has 0 spiro atoms. The van der Waals surface area contributed by atoms with Gasteiger partial charge in [0.25, 0.3) is 5.91 Å². The van der Waals surface area contributed by atoms with Crippen LogP contribution in [-0.4, -0.2) is 50.7 Å². The number of hydrazone groups is 1. The number of nitrogens with zero attached hydrogens (tertiary/aromatic N) is 3. The van der Waals surface area contributed by atoms with Gasteiger partial charge in [0.1, 0.15) is 6.29 Å². The SMILES string of the molecule is COc1cc(C=O)ccc1OCC(=O)N1N=C(c2ccc(Br)cc2)CC1c1ccc(N(C)C)cc1. The number of aldehydes is 1. The van der Waals surface area contributed by atoms with Crippen LogP contribution >= 0.6 is 15.9 Å². The molecule has 0 fully saturated rings. The van der Waals surface area contributed by atoms with Gasteiger partial charge in [-0.05, 0) is 53.6 Å². The Bertz CT molecular complexity index is 1240. The van der Waals surface area contributed by atoms with E-state index in [2.05, 4.69) is 15.9 Å². The minimum atomic E-state index is -0.277. The molecule has 1 aliphatic heterocycles. The first-order valence-corrected chi connectivity index (χ1v) is 11.9. The Labute approximate surface area is 213 Å². The van der Waals surface area contributed by atoms with Gasteiger partial charge in [-0.25, -0.2) is 5.01 Å². The van der Waals surface area contributed by atoms with Crippen molar-refractivity contribution >= 4 is 39.5 Å². The number of anilines is 1. The lowest BCUT2D eigenvalue weighted by atomic mass is 9.98. The molecule has 0 saturated heterocycles. The van der Waals surface area contributed by atoms with E-state index in [0.717, 1.165) is 33.3 Å². The summed E-state index contributed by atoms with van der Waals surface area (Å²) in [6.07, 6.45) is 1.32. The molecule has 0 radical (unpaired) electrons. The predicted molar refractivity (Wildman–Crippen MR) is 140 cm³/mol. The van der Waals surface area contributed by atoms with Gasteiger partial charge in [0.15, 0.2) is 18.1 Å². The van der Waals surface area contributed by atoms with Gasteiger partial charge < -0.3 is 14.4 Å². The van der Waals surface area contributed by atoms with Crippen LogP contribution in [0.1, 0.15) is 33.9 Å². The standard InChI is InChI=1S/C27H26BrN3O4/c1-30(2)22-11-7-20(8-12-22)24-15-23(19-5-9-21(28)10-6-19)29-31(24)27(33)17-35-25-13-4-18(16-32)14-26(25)34-3/h4-14,16,24H,15,17H2,1-3H3. The molecular formula is C27H26BrN3O4. The second-order valence-electron chi connectivity index (χ2n) is 8.31. The summed E-state index contributed by atoms with van der Waals surface area (Å²) in [4.78, 5) is 26.4. The van der Waals surface area contributed by atoms with Gasteiger partial charge in [-0.3, -0.25) is 9.59 Å². The molecular weight excluding hydrogens is 510 g/mol.